The fourth-order valence-electron chi connectivity index (χ4n) is 9.53. The molecule has 0 aromatic heterocycles. The van der Waals surface area contributed by atoms with Gasteiger partial charge in [0, 0.05) is 6.04 Å². The van der Waals surface area contributed by atoms with E-state index in [4.69, 9.17) is 5.11 Å². The van der Waals surface area contributed by atoms with Crippen LogP contribution in [-0.2, 0) is 52.7 Å². The Kier molecular flexibility index (Phi) is 38.5. The molecule has 22 heteroatoms. The minimum Gasteiger partial charge on any atom is -0.480 e. The van der Waals surface area contributed by atoms with E-state index in [0.717, 1.165) is 25.7 Å². The van der Waals surface area contributed by atoms with Crippen molar-refractivity contribution in [1.82, 2.24) is 53.2 Å². The minimum absolute atomic E-state index is 0.00914. The van der Waals surface area contributed by atoms with Crippen LogP contribution in [0.1, 0.15) is 220 Å². The van der Waals surface area contributed by atoms with Crippen LogP contribution in [0.5, 0.6) is 0 Å². The lowest BCUT2D eigenvalue weighted by molar-refractivity contribution is -0.143. The molecule has 10 atom stereocenters. The van der Waals surface area contributed by atoms with E-state index >= 15 is 0 Å². The van der Waals surface area contributed by atoms with Gasteiger partial charge < -0.3 is 58.3 Å². The molecule has 83 heavy (non-hydrogen) atoms. The fraction of sp³-hybridized carbons (Fsp3) is 0.820. The third-order valence-corrected chi connectivity index (χ3v) is 14.5. The Bertz CT molecular complexity index is 2050. The van der Waals surface area contributed by atoms with Crippen molar-refractivity contribution in [1.29, 1.82) is 0 Å². The summed E-state index contributed by atoms with van der Waals surface area (Å²) < 4.78 is 0. The van der Waals surface area contributed by atoms with Crippen LogP contribution in [0.15, 0.2) is 0 Å². The first-order valence-electron chi connectivity index (χ1n) is 31.2. The molecular formula is C61H112N10O12. The van der Waals surface area contributed by atoms with Crippen LogP contribution < -0.4 is 53.2 Å². The molecule has 0 bridgehead atoms. The van der Waals surface area contributed by atoms with E-state index < -0.39 is 144 Å². The Morgan fingerprint density at radius 1 is 0.313 bits per heavy atom. The van der Waals surface area contributed by atoms with Gasteiger partial charge in [-0.25, -0.2) is 0 Å². The second-order valence-electron chi connectivity index (χ2n) is 24.3. The van der Waals surface area contributed by atoms with Crippen molar-refractivity contribution in [2.45, 2.75) is 281 Å². The third-order valence-electron chi connectivity index (χ3n) is 14.5. The number of carbonyl (C=O) groups excluding carboxylic acids is 10. The Hall–Kier alpha value is -5.67. The van der Waals surface area contributed by atoms with Gasteiger partial charge in [0.25, 0.3) is 0 Å². The minimum atomic E-state index is -1.28. The van der Waals surface area contributed by atoms with Crippen molar-refractivity contribution in [2.75, 3.05) is 6.54 Å². The number of carboxylic acid groups (broad SMARTS) is 1. The second-order valence-corrected chi connectivity index (χ2v) is 24.3. The first kappa shape index (κ1) is 77.3. The van der Waals surface area contributed by atoms with Gasteiger partial charge in [-0.2, -0.15) is 0 Å². The first-order valence-corrected chi connectivity index (χ1v) is 31.2. The van der Waals surface area contributed by atoms with Gasteiger partial charge in [0.2, 0.25) is 53.2 Å². The zero-order chi connectivity index (χ0) is 63.7. The van der Waals surface area contributed by atoms with Gasteiger partial charge in [-0.3, -0.25) is 52.7 Å². The van der Waals surface area contributed by atoms with Gasteiger partial charge in [0.05, 0.1) is 12.1 Å². The highest BCUT2D eigenvalue weighted by Gasteiger charge is 2.40. The summed E-state index contributed by atoms with van der Waals surface area (Å²) in [5.74, 6) is -10.6. The highest BCUT2D eigenvalue weighted by molar-refractivity contribution is 6.06. The maximum absolute atomic E-state index is 14.4. The van der Waals surface area contributed by atoms with Crippen LogP contribution in [-0.4, -0.2) is 137 Å². The zero-order valence-electron chi connectivity index (χ0n) is 53.7. The average molecular weight is 1180 g/mol. The molecule has 0 aliphatic heterocycles. The maximum Gasteiger partial charge on any atom is 0.322 e. The van der Waals surface area contributed by atoms with Crippen molar-refractivity contribution in [2.24, 2.45) is 35.5 Å². The standard InChI is InChI=1S/C61H112N10O12/c1-18-23-27-32-44(55(77)64-41(29-22-5)53(75)66-43(31-26-21-4)57(79)69-48(36(8)9)52(74)47(35(6)7)58(80)62-34-46(72)73)67-54(76)42(30-25-20-3)65-56(78)45(33-28-24-19-2)68-59(81)50(38(12)13)70-61(83)51(39(14)15)71-60(82)49(37(10)11)63-40(16)17/h35-45,47-51,63H,18-34H2,1-17H3,(H,62,80)(H,64,77)(H,65,78)(H,66,75)(H,67,76)(H,68,81)(H,69,79)(H,70,83)(H,71,82)(H,72,73). The predicted octanol–water partition coefficient (Wildman–Crippen LogP) is 5.24. The SMILES string of the molecule is CCCCCC(NC(=O)C(CCCC)NC(=O)C(CCCCC)NC(=O)C(NC(=O)C(NC(=O)C(NC(C)C)C(C)C)C(C)C)C(C)C)C(=O)NC(CCC)C(=O)NC(CCCC)C(=O)NC(C(=O)C(C(=O)NCC(=O)O)C(C)C)C(C)C. The van der Waals surface area contributed by atoms with Gasteiger partial charge in [-0.05, 0) is 61.7 Å². The molecule has 9 amide bonds. The second kappa shape index (κ2) is 41.4. The van der Waals surface area contributed by atoms with E-state index in [1.54, 1.807) is 55.4 Å². The lowest BCUT2D eigenvalue weighted by Gasteiger charge is -2.31. The highest BCUT2D eigenvalue weighted by atomic mass is 16.4. The van der Waals surface area contributed by atoms with Gasteiger partial charge in [0.15, 0.2) is 5.78 Å². The summed E-state index contributed by atoms with van der Waals surface area (Å²) in [6.07, 6.45) is 7.97. The molecule has 0 radical (unpaired) electrons. The predicted molar refractivity (Wildman–Crippen MR) is 323 cm³/mol. The zero-order valence-corrected chi connectivity index (χ0v) is 53.7. The Morgan fingerprint density at radius 2 is 0.614 bits per heavy atom. The van der Waals surface area contributed by atoms with E-state index in [1.807, 2.05) is 62.3 Å². The number of hydrogen-bond donors (Lipinski definition) is 11. The van der Waals surface area contributed by atoms with Crippen LogP contribution >= 0.6 is 0 Å². The Balaban J connectivity index is 6.81. The molecule has 0 aliphatic rings. The molecule has 0 heterocycles. The summed E-state index contributed by atoms with van der Waals surface area (Å²) in [5, 5.41) is 37.4. The lowest BCUT2D eigenvalue weighted by Crippen LogP contribution is -2.61. The number of Topliss-reactive ketones (excluding diaryl/α,β-unsaturated/α-hetero) is 1. The number of amides is 9. The number of carboxylic acids is 1. The summed E-state index contributed by atoms with van der Waals surface area (Å²) in [7, 11) is 0. The van der Waals surface area contributed by atoms with Crippen LogP contribution in [0.4, 0.5) is 0 Å². The molecule has 0 aromatic carbocycles. The molecule has 0 spiro atoms. The molecule has 0 saturated carbocycles. The quantitative estimate of drug-likeness (QED) is 0.0275. The molecular weight excluding hydrogens is 1060 g/mol. The van der Waals surface area contributed by atoms with Crippen molar-refractivity contribution in [3.63, 3.8) is 0 Å². The normalized spacial score (nSPS) is 15.2. The molecule has 478 valence electrons. The topological polar surface area (TPSA) is 328 Å². The number of rotatable bonds is 44. The molecule has 0 aromatic rings. The molecule has 11 N–H and O–H groups in total. The van der Waals surface area contributed by atoms with Crippen LogP contribution in [0.3, 0.4) is 0 Å². The Labute approximate surface area is 497 Å². The van der Waals surface area contributed by atoms with E-state index in [-0.39, 0.29) is 55.9 Å². The van der Waals surface area contributed by atoms with E-state index in [2.05, 4.69) is 53.2 Å². The molecule has 0 saturated heterocycles. The number of carbonyl (C=O) groups is 11. The first-order chi connectivity index (χ1) is 38.9. The van der Waals surface area contributed by atoms with Crippen LogP contribution in [0, 0.1) is 35.5 Å². The number of nitrogens with one attached hydrogen (secondary N) is 10. The summed E-state index contributed by atoms with van der Waals surface area (Å²) in [6.45, 7) is 30.4. The van der Waals surface area contributed by atoms with Gasteiger partial charge in [-0.15, -0.1) is 0 Å². The largest absolute Gasteiger partial charge is 0.480 e. The number of unbranched alkanes of at least 4 members (excludes halogenated alkanes) is 6. The van der Waals surface area contributed by atoms with E-state index in [1.165, 1.54) is 0 Å². The third kappa shape index (κ3) is 29.1. The Morgan fingerprint density at radius 3 is 0.928 bits per heavy atom. The number of ketones is 1. The molecule has 22 nitrogen and oxygen atoms in total. The van der Waals surface area contributed by atoms with Gasteiger partial charge in [-0.1, -0.05) is 188 Å². The van der Waals surface area contributed by atoms with Crippen LogP contribution in [0.25, 0.3) is 0 Å². The smallest absolute Gasteiger partial charge is 0.322 e. The van der Waals surface area contributed by atoms with Gasteiger partial charge >= 0.3 is 5.97 Å². The summed E-state index contributed by atoms with van der Waals surface area (Å²) in [4.78, 5) is 151. The number of hydrogen-bond acceptors (Lipinski definition) is 12. The van der Waals surface area contributed by atoms with Crippen molar-refractivity contribution in [3.05, 3.63) is 0 Å². The summed E-state index contributed by atoms with van der Waals surface area (Å²) >= 11 is 0. The van der Waals surface area contributed by atoms with E-state index in [0.29, 0.717) is 44.9 Å². The van der Waals surface area contributed by atoms with Gasteiger partial charge in [0.1, 0.15) is 54.8 Å². The molecule has 0 aliphatic carbocycles. The highest BCUT2D eigenvalue weighted by Crippen LogP contribution is 2.20. The van der Waals surface area contributed by atoms with Crippen LogP contribution in [0.2, 0.25) is 0 Å². The summed E-state index contributed by atoms with van der Waals surface area (Å²) in [6, 6.07) is -9.46. The molecule has 0 rings (SSSR count). The number of aliphatic carboxylic acids is 1. The van der Waals surface area contributed by atoms with E-state index in [9.17, 15) is 52.7 Å². The summed E-state index contributed by atoms with van der Waals surface area (Å²) in [5.41, 5.74) is 0. The monoisotopic (exact) mass is 1180 g/mol. The van der Waals surface area contributed by atoms with Crippen molar-refractivity contribution in [3.8, 4) is 0 Å². The maximum atomic E-state index is 14.4. The van der Waals surface area contributed by atoms with Crippen molar-refractivity contribution < 1.29 is 57.8 Å². The van der Waals surface area contributed by atoms with Crippen molar-refractivity contribution >= 4 is 64.9 Å². The molecule has 0 fully saturated rings. The fourth-order valence-corrected chi connectivity index (χ4v) is 9.53. The lowest BCUT2D eigenvalue weighted by atomic mass is 9.83. The average Bonchev–Trinajstić information content (AvgIpc) is 3.40. The molecule has 10 unspecified atom stereocenters.